The van der Waals surface area contributed by atoms with E-state index in [0.717, 1.165) is 56.3 Å². The standard InChI is InChI=1S/C19H24N4O/c1-12-9-15-10-14(3-4-18(15)24-12)11-21-19-16-5-7-20-8-6-17(16)22-13(2)23-19/h3-4,10,12,20H,5-9,11H2,1-2H3,(H,21,22,23)/t12-/m0/s1. The van der Waals surface area contributed by atoms with Gasteiger partial charge < -0.3 is 15.4 Å². The van der Waals surface area contributed by atoms with Crippen molar-refractivity contribution in [3.05, 3.63) is 46.4 Å². The van der Waals surface area contributed by atoms with Crippen LogP contribution in [0.1, 0.15) is 35.1 Å². The Hall–Kier alpha value is -2.14. The van der Waals surface area contributed by atoms with Crippen molar-refractivity contribution in [1.82, 2.24) is 15.3 Å². The minimum absolute atomic E-state index is 0.288. The second kappa shape index (κ2) is 6.40. The topological polar surface area (TPSA) is 59.1 Å². The first-order chi connectivity index (χ1) is 11.7. The first kappa shape index (κ1) is 15.4. The molecule has 0 saturated carbocycles. The first-order valence-corrected chi connectivity index (χ1v) is 8.78. The first-order valence-electron chi connectivity index (χ1n) is 8.78. The van der Waals surface area contributed by atoms with Gasteiger partial charge in [-0.3, -0.25) is 0 Å². The molecule has 5 heteroatoms. The van der Waals surface area contributed by atoms with Crippen molar-refractivity contribution < 1.29 is 4.74 Å². The Morgan fingerprint density at radius 2 is 2.12 bits per heavy atom. The van der Waals surface area contributed by atoms with E-state index >= 15 is 0 Å². The lowest BCUT2D eigenvalue weighted by molar-refractivity contribution is 0.254. The molecule has 24 heavy (non-hydrogen) atoms. The van der Waals surface area contributed by atoms with Crippen LogP contribution in [0.2, 0.25) is 0 Å². The van der Waals surface area contributed by atoms with Crippen LogP contribution in [0.15, 0.2) is 18.2 Å². The number of hydrogen-bond acceptors (Lipinski definition) is 5. The molecule has 1 aromatic carbocycles. The summed E-state index contributed by atoms with van der Waals surface area (Å²) in [4.78, 5) is 9.29. The molecule has 2 aliphatic heterocycles. The zero-order chi connectivity index (χ0) is 16.5. The van der Waals surface area contributed by atoms with Crippen molar-refractivity contribution in [3.63, 3.8) is 0 Å². The molecule has 0 bridgehead atoms. The summed E-state index contributed by atoms with van der Waals surface area (Å²) < 4.78 is 5.78. The average molecular weight is 324 g/mol. The predicted molar refractivity (Wildman–Crippen MR) is 94.6 cm³/mol. The third-order valence-electron chi connectivity index (χ3n) is 4.72. The molecule has 2 aliphatic rings. The van der Waals surface area contributed by atoms with E-state index in [4.69, 9.17) is 4.74 Å². The van der Waals surface area contributed by atoms with Crippen LogP contribution >= 0.6 is 0 Å². The van der Waals surface area contributed by atoms with Gasteiger partial charge in [0.2, 0.25) is 0 Å². The van der Waals surface area contributed by atoms with Crippen molar-refractivity contribution in [2.24, 2.45) is 0 Å². The highest BCUT2D eigenvalue weighted by Crippen LogP contribution is 2.29. The van der Waals surface area contributed by atoms with Crippen LogP contribution in [0.3, 0.4) is 0 Å². The number of anilines is 1. The number of aromatic nitrogens is 2. The van der Waals surface area contributed by atoms with Gasteiger partial charge in [0.25, 0.3) is 0 Å². The van der Waals surface area contributed by atoms with Gasteiger partial charge in [-0.2, -0.15) is 0 Å². The monoisotopic (exact) mass is 324 g/mol. The molecule has 2 N–H and O–H groups in total. The fourth-order valence-electron chi connectivity index (χ4n) is 3.59. The molecule has 0 spiro atoms. The van der Waals surface area contributed by atoms with Gasteiger partial charge in [0.1, 0.15) is 23.5 Å². The van der Waals surface area contributed by atoms with E-state index in [0.29, 0.717) is 0 Å². The van der Waals surface area contributed by atoms with Crippen LogP contribution < -0.4 is 15.4 Å². The summed E-state index contributed by atoms with van der Waals surface area (Å²) in [6.45, 7) is 6.84. The van der Waals surface area contributed by atoms with E-state index in [1.807, 2.05) is 6.92 Å². The number of rotatable bonds is 3. The van der Waals surface area contributed by atoms with E-state index in [1.54, 1.807) is 0 Å². The van der Waals surface area contributed by atoms with Crippen LogP contribution in [0.25, 0.3) is 0 Å². The SMILES string of the molecule is Cc1nc2c(c(NCc3ccc4c(c3)C[C@H](C)O4)n1)CCNCC2. The highest BCUT2D eigenvalue weighted by Gasteiger charge is 2.19. The zero-order valence-corrected chi connectivity index (χ0v) is 14.4. The van der Waals surface area contributed by atoms with Crippen molar-refractivity contribution in [2.45, 2.75) is 45.8 Å². The Morgan fingerprint density at radius 1 is 1.25 bits per heavy atom. The Kier molecular flexibility index (Phi) is 4.10. The van der Waals surface area contributed by atoms with Gasteiger partial charge in [0.15, 0.2) is 0 Å². The molecule has 126 valence electrons. The van der Waals surface area contributed by atoms with Gasteiger partial charge in [-0.15, -0.1) is 0 Å². The zero-order valence-electron chi connectivity index (χ0n) is 14.4. The third-order valence-corrected chi connectivity index (χ3v) is 4.72. The number of hydrogen-bond donors (Lipinski definition) is 2. The second-order valence-corrected chi connectivity index (χ2v) is 6.72. The second-order valence-electron chi connectivity index (χ2n) is 6.72. The van der Waals surface area contributed by atoms with Crippen LogP contribution in [-0.2, 0) is 25.8 Å². The minimum Gasteiger partial charge on any atom is -0.490 e. The molecule has 4 rings (SSSR count). The number of ether oxygens (including phenoxy) is 1. The predicted octanol–water partition coefficient (Wildman–Crippen LogP) is 2.41. The van der Waals surface area contributed by atoms with E-state index in [2.05, 4.69) is 45.7 Å². The lowest BCUT2D eigenvalue weighted by atomic mass is 10.1. The molecular formula is C19H24N4O. The van der Waals surface area contributed by atoms with Crippen molar-refractivity contribution in [1.29, 1.82) is 0 Å². The summed E-state index contributed by atoms with van der Waals surface area (Å²) in [6, 6.07) is 6.48. The quantitative estimate of drug-likeness (QED) is 0.908. The third kappa shape index (κ3) is 3.08. The molecular weight excluding hydrogens is 300 g/mol. The van der Waals surface area contributed by atoms with Gasteiger partial charge in [0.05, 0.1) is 5.69 Å². The summed E-state index contributed by atoms with van der Waals surface area (Å²) in [5.41, 5.74) is 5.03. The molecule has 5 nitrogen and oxygen atoms in total. The lowest BCUT2D eigenvalue weighted by Crippen LogP contribution is -2.16. The Balaban J connectivity index is 1.54. The Morgan fingerprint density at radius 3 is 3.04 bits per heavy atom. The highest BCUT2D eigenvalue weighted by molar-refractivity contribution is 5.49. The van der Waals surface area contributed by atoms with Crippen molar-refractivity contribution in [2.75, 3.05) is 18.4 Å². The van der Waals surface area contributed by atoms with E-state index in [-0.39, 0.29) is 6.10 Å². The fraction of sp³-hybridized carbons (Fsp3) is 0.474. The molecule has 1 atom stereocenters. The Bertz CT molecular complexity index is 759. The maximum absolute atomic E-state index is 5.78. The van der Waals surface area contributed by atoms with E-state index in [9.17, 15) is 0 Å². The smallest absolute Gasteiger partial charge is 0.133 e. The lowest BCUT2D eigenvalue weighted by Gasteiger charge is -2.14. The van der Waals surface area contributed by atoms with Crippen molar-refractivity contribution in [3.8, 4) is 5.75 Å². The number of fused-ring (bicyclic) bond motifs is 2. The van der Waals surface area contributed by atoms with Crippen LogP contribution in [0, 0.1) is 6.92 Å². The van der Waals surface area contributed by atoms with Crippen molar-refractivity contribution >= 4 is 5.82 Å². The molecule has 0 fully saturated rings. The number of aryl methyl sites for hydroxylation is 1. The molecule has 0 saturated heterocycles. The van der Waals surface area contributed by atoms with Gasteiger partial charge in [0, 0.05) is 31.5 Å². The molecule has 1 aromatic heterocycles. The summed E-state index contributed by atoms with van der Waals surface area (Å²) in [7, 11) is 0. The number of benzene rings is 1. The van der Waals surface area contributed by atoms with Gasteiger partial charge >= 0.3 is 0 Å². The Labute approximate surface area is 142 Å². The summed E-state index contributed by atoms with van der Waals surface area (Å²) in [5.74, 6) is 2.87. The molecule has 3 heterocycles. The van der Waals surface area contributed by atoms with Gasteiger partial charge in [-0.25, -0.2) is 9.97 Å². The molecule has 2 aromatic rings. The van der Waals surface area contributed by atoms with Gasteiger partial charge in [-0.05, 0) is 44.0 Å². The molecule has 0 unspecified atom stereocenters. The van der Waals surface area contributed by atoms with Crippen LogP contribution in [-0.4, -0.2) is 29.2 Å². The number of nitrogens with one attached hydrogen (secondary N) is 2. The maximum Gasteiger partial charge on any atom is 0.133 e. The normalized spacial score (nSPS) is 19.2. The molecule has 0 amide bonds. The summed E-state index contributed by atoms with van der Waals surface area (Å²) in [6.07, 6.45) is 3.24. The summed E-state index contributed by atoms with van der Waals surface area (Å²) >= 11 is 0. The van der Waals surface area contributed by atoms with Gasteiger partial charge in [-0.1, -0.05) is 12.1 Å². The fourth-order valence-corrected chi connectivity index (χ4v) is 3.59. The average Bonchev–Trinajstić information content (AvgIpc) is 2.76. The van der Waals surface area contributed by atoms with E-state index < -0.39 is 0 Å². The largest absolute Gasteiger partial charge is 0.490 e. The van der Waals surface area contributed by atoms with Crippen LogP contribution in [0.4, 0.5) is 5.82 Å². The van der Waals surface area contributed by atoms with E-state index in [1.165, 1.54) is 22.4 Å². The molecule has 0 aliphatic carbocycles. The minimum atomic E-state index is 0.288. The molecule has 0 radical (unpaired) electrons. The summed E-state index contributed by atoms with van der Waals surface area (Å²) in [5, 5.41) is 6.98. The highest BCUT2D eigenvalue weighted by atomic mass is 16.5. The van der Waals surface area contributed by atoms with Crippen LogP contribution in [0.5, 0.6) is 5.75 Å². The number of nitrogens with zero attached hydrogens (tertiary/aromatic N) is 2. The maximum atomic E-state index is 5.78.